The van der Waals surface area contributed by atoms with Crippen LogP contribution in [0, 0.1) is 5.92 Å². The van der Waals surface area contributed by atoms with E-state index in [0.717, 1.165) is 10.9 Å². The van der Waals surface area contributed by atoms with Crippen LogP contribution >= 0.6 is 11.6 Å². The van der Waals surface area contributed by atoms with Crippen molar-refractivity contribution in [3.63, 3.8) is 0 Å². The highest BCUT2D eigenvalue weighted by Gasteiger charge is 2.29. The van der Waals surface area contributed by atoms with E-state index in [-0.39, 0.29) is 30.5 Å². The molecule has 14 heteroatoms. The first-order valence-electron chi connectivity index (χ1n) is 14.4. The molecule has 3 amide bonds. The second kappa shape index (κ2) is 15.7. The summed E-state index contributed by atoms with van der Waals surface area (Å²) in [6, 6.07) is 17.1. The summed E-state index contributed by atoms with van der Waals surface area (Å²) in [6.07, 6.45) is 0.201. The van der Waals surface area contributed by atoms with Gasteiger partial charge in [0, 0.05) is 31.1 Å². The molecule has 1 aliphatic heterocycles. The van der Waals surface area contributed by atoms with E-state index < -0.39 is 52.9 Å². The van der Waals surface area contributed by atoms with Crippen molar-refractivity contribution in [3.05, 3.63) is 77.3 Å². The number of carbonyl (C=O) groups is 4. The Hall–Kier alpha value is -4.20. The van der Waals surface area contributed by atoms with Gasteiger partial charge < -0.3 is 25.4 Å². The van der Waals surface area contributed by atoms with E-state index in [2.05, 4.69) is 15.4 Å². The molecule has 0 unspecified atom stereocenters. The molecule has 0 aromatic heterocycles. The molecule has 4 N–H and O–H groups in total. The molecule has 0 saturated carbocycles. The lowest BCUT2D eigenvalue weighted by Crippen LogP contribution is -2.50. The van der Waals surface area contributed by atoms with E-state index in [0.29, 0.717) is 36.2 Å². The van der Waals surface area contributed by atoms with Crippen molar-refractivity contribution in [3.8, 4) is 0 Å². The van der Waals surface area contributed by atoms with Gasteiger partial charge in [0.2, 0.25) is 21.8 Å². The second-order valence-electron chi connectivity index (χ2n) is 10.7. The number of carbonyl (C=O) groups excluding carboxylic acids is 3. The van der Waals surface area contributed by atoms with Crippen molar-refractivity contribution >= 4 is 56.3 Å². The predicted molar refractivity (Wildman–Crippen MR) is 167 cm³/mol. The van der Waals surface area contributed by atoms with E-state index in [1.807, 2.05) is 12.1 Å². The molecule has 1 saturated heterocycles. The van der Waals surface area contributed by atoms with E-state index in [1.165, 1.54) is 17.0 Å². The zero-order chi connectivity index (χ0) is 32.4. The van der Waals surface area contributed by atoms with Gasteiger partial charge in [0.25, 0.3) is 0 Å². The summed E-state index contributed by atoms with van der Waals surface area (Å²) in [5.74, 6) is -2.37. The highest BCUT2D eigenvalue weighted by atomic mass is 35.5. The first-order valence-corrected chi connectivity index (χ1v) is 16.3. The fourth-order valence-electron chi connectivity index (χ4n) is 4.97. The Balaban J connectivity index is 1.38. The number of likely N-dealkylation sites (tertiary alicyclic amines) is 1. The second-order valence-corrected chi connectivity index (χ2v) is 12.9. The van der Waals surface area contributed by atoms with Crippen molar-refractivity contribution in [1.29, 1.82) is 0 Å². The minimum absolute atomic E-state index is 0.0528. The number of fused-ring (bicyclic) bond motifs is 1. The molecule has 1 aliphatic rings. The maximum Gasteiger partial charge on any atom is 0.407 e. The van der Waals surface area contributed by atoms with Crippen LogP contribution in [0.3, 0.4) is 0 Å². The third kappa shape index (κ3) is 10.2. The number of rotatable bonds is 13. The summed E-state index contributed by atoms with van der Waals surface area (Å²) in [6.45, 7) is 0.352. The first kappa shape index (κ1) is 33.7. The van der Waals surface area contributed by atoms with Crippen LogP contribution in [-0.2, 0) is 35.6 Å². The minimum Gasteiger partial charge on any atom is -0.465 e. The van der Waals surface area contributed by atoms with Crippen LogP contribution in [-0.4, -0.2) is 81.1 Å². The third-order valence-electron chi connectivity index (χ3n) is 7.39. The van der Waals surface area contributed by atoms with Gasteiger partial charge in [-0.25, -0.2) is 13.2 Å². The summed E-state index contributed by atoms with van der Waals surface area (Å²) < 4.78 is 34.1. The lowest BCUT2D eigenvalue weighted by molar-refractivity contribution is -0.144. The molecular weight excluding hydrogens is 624 g/mol. The highest BCUT2D eigenvalue weighted by Crippen LogP contribution is 2.20. The Morgan fingerprint density at radius 2 is 1.73 bits per heavy atom. The number of carboxylic acid groups (broad SMARTS) is 1. The van der Waals surface area contributed by atoms with Crippen LogP contribution in [0.5, 0.6) is 0 Å². The van der Waals surface area contributed by atoms with Crippen molar-refractivity contribution in [2.24, 2.45) is 5.92 Å². The molecule has 3 aromatic rings. The number of nitrogens with one attached hydrogen (secondary N) is 3. The van der Waals surface area contributed by atoms with Crippen molar-refractivity contribution in [1.82, 2.24) is 20.3 Å². The number of piperidine rings is 1. The molecular formula is C31H35ClN4O8S. The Bertz CT molecular complexity index is 1630. The molecule has 2 atom stereocenters. The number of hydrogen-bond donors (Lipinski definition) is 4. The molecule has 1 heterocycles. The lowest BCUT2D eigenvalue weighted by Gasteiger charge is -2.30. The van der Waals surface area contributed by atoms with Crippen molar-refractivity contribution in [2.45, 2.75) is 36.6 Å². The average molecular weight is 659 g/mol. The number of sulfonamides is 1. The van der Waals surface area contributed by atoms with Crippen LogP contribution in [0.25, 0.3) is 10.8 Å². The number of ether oxygens (including phenoxy) is 1. The van der Waals surface area contributed by atoms with Crippen molar-refractivity contribution in [2.75, 3.05) is 32.8 Å². The van der Waals surface area contributed by atoms with Crippen LogP contribution in [0.15, 0.2) is 71.6 Å². The molecule has 12 nitrogen and oxygen atoms in total. The van der Waals surface area contributed by atoms with E-state index in [1.54, 1.807) is 42.5 Å². The normalized spacial score (nSPS) is 15.7. The molecule has 4 rings (SSSR count). The summed E-state index contributed by atoms with van der Waals surface area (Å²) in [5.41, 5.74) is 0.898. The molecule has 3 aromatic carbocycles. The number of nitrogens with zero attached hydrogens (tertiary/aromatic N) is 1. The van der Waals surface area contributed by atoms with Gasteiger partial charge in [-0.3, -0.25) is 14.4 Å². The minimum atomic E-state index is -4.27. The molecule has 0 bridgehead atoms. The Morgan fingerprint density at radius 3 is 2.47 bits per heavy atom. The van der Waals surface area contributed by atoms with Crippen LogP contribution < -0.4 is 15.4 Å². The highest BCUT2D eigenvalue weighted by molar-refractivity contribution is 7.89. The molecule has 0 aliphatic carbocycles. The van der Waals surface area contributed by atoms with E-state index in [4.69, 9.17) is 16.3 Å². The Kier molecular flexibility index (Phi) is 11.7. The topological polar surface area (TPSA) is 171 Å². The number of esters is 1. The summed E-state index contributed by atoms with van der Waals surface area (Å²) in [5, 5.41) is 16.4. The largest absolute Gasteiger partial charge is 0.465 e. The van der Waals surface area contributed by atoms with Gasteiger partial charge in [0.05, 0.1) is 17.9 Å². The molecule has 240 valence electrons. The number of benzene rings is 3. The van der Waals surface area contributed by atoms with Gasteiger partial charge in [0.15, 0.2) is 0 Å². The van der Waals surface area contributed by atoms with Gasteiger partial charge >= 0.3 is 12.1 Å². The molecule has 1 fully saturated rings. The van der Waals surface area contributed by atoms with Crippen LogP contribution in [0.1, 0.15) is 24.8 Å². The zero-order valence-electron chi connectivity index (χ0n) is 24.4. The van der Waals surface area contributed by atoms with Crippen molar-refractivity contribution < 1.29 is 37.4 Å². The van der Waals surface area contributed by atoms with Crippen LogP contribution in [0.2, 0.25) is 5.02 Å². The average Bonchev–Trinajstić information content (AvgIpc) is 3.03. The fourth-order valence-corrected chi connectivity index (χ4v) is 6.32. The molecule has 45 heavy (non-hydrogen) atoms. The maximum atomic E-state index is 13.3. The lowest BCUT2D eigenvalue weighted by atomic mass is 9.98. The molecule has 0 spiro atoms. The first-order chi connectivity index (χ1) is 21.5. The smallest absolute Gasteiger partial charge is 0.407 e. The Labute approximate surface area is 266 Å². The monoisotopic (exact) mass is 658 g/mol. The van der Waals surface area contributed by atoms with Gasteiger partial charge in [-0.1, -0.05) is 54.1 Å². The van der Waals surface area contributed by atoms with Gasteiger partial charge in [-0.05, 0) is 59.4 Å². The number of halogens is 1. The van der Waals surface area contributed by atoms with Gasteiger partial charge in [-0.2, -0.15) is 4.72 Å². The molecule has 0 radical (unpaired) electrons. The Morgan fingerprint density at radius 1 is 1.00 bits per heavy atom. The van der Waals surface area contributed by atoms with Crippen LogP contribution in [0.4, 0.5) is 4.79 Å². The summed E-state index contributed by atoms with van der Waals surface area (Å²) in [4.78, 5) is 50.8. The summed E-state index contributed by atoms with van der Waals surface area (Å²) >= 11 is 5.88. The number of hydrogen-bond acceptors (Lipinski definition) is 7. The summed E-state index contributed by atoms with van der Waals surface area (Å²) in [7, 11) is -4.27. The van der Waals surface area contributed by atoms with Gasteiger partial charge in [0.1, 0.15) is 12.6 Å². The van der Waals surface area contributed by atoms with Gasteiger partial charge in [-0.15, -0.1) is 0 Å². The van der Waals surface area contributed by atoms with E-state index >= 15 is 0 Å². The standard InChI is InChI=1S/C31H35ClN4O8S/c32-25-10-7-21(8-11-25)13-15-44-29(38)19-34-30(39)27(17-28(37)33-18-22-4-3-14-36(20-22)31(40)41)35-45(42,43)26-12-9-23-5-1-2-6-24(23)16-26/h1-2,5-12,16,22,27,35H,3-4,13-15,17-20H2,(H,33,37)(H,34,39)(H,40,41)/t22-,27-/m0/s1. The zero-order valence-corrected chi connectivity index (χ0v) is 26.0. The third-order valence-corrected chi connectivity index (χ3v) is 9.11. The predicted octanol–water partition coefficient (Wildman–Crippen LogP) is 2.94. The quantitative estimate of drug-likeness (QED) is 0.203. The fraction of sp³-hybridized carbons (Fsp3) is 0.355. The SMILES string of the molecule is O=C(C[C@H](NS(=O)(=O)c1ccc2ccccc2c1)C(=O)NCC(=O)OCCc1ccc(Cl)cc1)NC[C@@H]1CCCN(C(=O)O)C1. The van der Waals surface area contributed by atoms with E-state index in [9.17, 15) is 32.7 Å². The number of amides is 3. The maximum absolute atomic E-state index is 13.3.